The maximum atomic E-state index is 8.82. The van der Waals surface area contributed by atoms with E-state index < -0.39 is 0 Å². The fraction of sp³-hybridized carbons (Fsp3) is 0.750. The summed E-state index contributed by atoms with van der Waals surface area (Å²) in [5.41, 5.74) is 0. The van der Waals surface area contributed by atoms with Crippen LogP contribution in [0.3, 0.4) is 0 Å². The first-order valence-corrected chi connectivity index (χ1v) is 9.53. The Labute approximate surface area is 132 Å². The van der Waals surface area contributed by atoms with Gasteiger partial charge < -0.3 is 10.2 Å². The lowest BCUT2D eigenvalue weighted by Gasteiger charge is -2.34. The average molecular weight is 317 g/mol. The molecule has 2 saturated carbocycles. The van der Waals surface area contributed by atoms with Crippen molar-refractivity contribution in [2.45, 2.75) is 36.2 Å². The van der Waals surface area contributed by atoms with Gasteiger partial charge in [-0.15, -0.1) is 13.2 Å². The molecule has 2 N–H and O–H groups in total. The van der Waals surface area contributed by atoms with Gasteiger partial charge in [0.1, 0.15) is 0 Å². The Morgan fingerprint density at radius 1 is 0.800 bits per heavy atom. The van der Waals surface area contributed by atoms with Crippen molar-refractivity contribution < 1.29 is 10.2 Å². The monoisotopic (exact) mass is 316 g/mol. The van der Waals surface area contributed by atoms with Crippen molar-refractivity contribution in [3.8, 4) is 0 Å². The highest BCUT2D eigenvalue weighted by Crippen LogP contribution is 2.37. The molecule has 20 heavy (non-hydrogen) atoms. The standard InChI is InChI=1S/2C8H14OS/c2*1-2-5-10-8-4-3-7(8)6-9/h2*2,7-9H,1,3-6H2/t2*7-,8+/m10/s1. The Bertz CT molecular complexity index is 252. The number of aliphatic hydroxyl groups excluding tert-OH is 2. The van der Waals surface area contributed by atoms with Crippen molar-refractivity contribution in [3.63, 3.8) is 0 Å². The van der Waals surface area contributed by atoms with E-state index in [4.69, 9.17) is 10.2 Å². The van der Waals surface area contributed by atoms with E-state index in [2.05, 4.69) is 13.2 Å². The van der Waals surface area contributed by atoms with E-state index in [0.29, 0.717) is 35.5 Å². The molecular formula is C16H28O2S2. The van der Waals surface area contributed by atoms with Crippen LogP contribution in [-0.4, -0.2) is 45.4 Å². The summed E-state index contributed by atoms with van der Waals surface area (Å²) in [6.07, 6.45) is 8.85. The molecule has 0 saturated heterocycles. The van der Waals surface area contributed by atoms with E-state index in [1.54, 1.807) is 0 Å². The van der Waals surface area contributed by atoms with E-state index in [1.807, 2.05) is 35.7 Å². The zero-order valence-corrected chi connectivity index (χ0v) is 13.9. The Hall–Kier alpha value is 0.1000. The van der Waals surface area contributed by atoms with Crippen LogP contribution in [0, 0.1) is 11.8 Å². The molecule has 2 aliphatic carbocycles. The van der Waals surface area contributed by atoms with Gasteiger partial charge in [0, 0.05) is 35.2 Å². The maximum absolute atomic E-state index is 8.82. The van der Waals surface area contributed by atoms with Crippen LogP contribution >= 0.6 is 23.5 Å². The molecule has 0 bridgehead atoms. The predicted octanol–water partition coefficient (Wildman–Crippen LogP) is 3.35. The summed E-state index contributed by atoms with van der Waals surface area (Å²) in [6, 6.07) is 0. The summed E-state index contributed by atoms with van der Waals surface area (Å²) in [5.74, 6) is 3.21. The van der Waals surface area contributed by atoms with Gasteiger partial charge in [0.25, 0.3) is 0 Å². The molecule has 0 heterocycles. The van der Waals surface area contributed by atoms with Crippen molar-refractivity contribution in [2.75, 3.05) is 24.7 Å². The number of hydrogen-bond donors (Lipinski definition) is 2. The highest BCUT2D eigenvalue weighted by molar-refractivity contribution is 8.00. The highest BCUT2D eigenvalue weighted by atomic mass is 32.2. The van der Waals surface area contributed by atoms with Crippen LogP contribution in [0.25, 0.3) is 0 Å². The zero-order valence-electron chi connectivity index (χ0n) is 12.2. The van der Waals surface area contributed by atoms with Crippen LogP contribution in [-0.2, 0) is 0 Å². The Morgan fingerprint density at radius 2 is 1.20 bits per heavy atom. The Morgan fingerprint density at radius 3 is 1.40 bits per heavy atom. The van der Waals surface area contributed by atoms with Crippen LogP contribution in [0.2, 0.25) is 0 Å². The molecule has 0 amide bonds. The lowest BCUT2D eigenvalue weighted by molar-refractivity contribution is 0.170. The lowest BCUT2D eigenvalue weighted by atomic mass is 9.85. The molecule has 0 aliphatic heterocycles. The Balaban J connectivity index is 0.000000200. The van der Waals surface area contributed by atoms with Gasteiger partial charge in [0.05, 0.1) is 0 Å². The fourth-order valence-electron chi connectivity index (χ4n) is 2.32. The lowest BCUT2D eigenvalue weighted by Crippen LogP contribution is -2.31. The second-order valence-electron chi connectivity index (χ2n) is 5.36. The van der Waals surface area contributed by atoms with Gasteiger partial charge in [-0.05, 0) is 37.5 Å². The second kappa shape index (κ2) is 10.8. The number of rotatable bonds is 8. The minimum absolute atomic E-state index is 0.370. The van der Waals surface area contributed by atoms with Gasteiger partial charge >= 0.3 is 0 Å². The summed E-state index contributed by atoms with van der Waals surface area (Å²) in [5, 5.41) is 19.1. The van der Waals surface area contributed by atoms with Crippen LogP contribution < -0.4 is 0 Å². The molecule has 4 heteroatoms. The van der Waals surface area contributed by atoms with Gasteiger partial charge in [-0.25, -0.2) is 0 Å². The molecule has 4 atom stereocenters. The molecule has 0 spiro atoms. The molecule has 0 radical (unpaired) electrons. The smallest absolute Gasteiger partial charge is 0.0469 e. The van der Waals surface area contributed by atoms with E-state index in [0.717, 1.165) is 11.5 Å². The van der Waals surface area contributed by atoms with Crippen LogP contribution in [0.4, 0.5) is 0 Å². The van der Waals surface area contributed by atoms with Crippen molar-refractivity contribution >= 4 is 23.5 Å². The summed E-state index contributed by atoms with van der Waals surface area (Å²) < 4.78 is 0. The molecule has 2 aliphatic rings. The zero-order chi connectivity index (χ0) is 14.8. The molecule has 2 nitrogen and oxygen atoms in total. The van der Waals surface area contributed by atoms with Crippen molar-refractivity contribution in [2.24, 2.45) is 11.8 Å². The highest BCUT2D eigenvalue weighted by Gasteiger charge is 2.30. The summed E-state index contributed by atoms with van der Waals surface area (Å²) in [6.45, 7) is 8.06. The van der Waals surface area contributed by atoms with Gasteiger partial charge in [0.2, 0.25) is 0 Å². The third kappa shape index (κ3) is 5.84. The summed E-state index contributed by atoms with van der Waals surface area (Å²) >= 11 is 3.84. The van der Waals surface area contributed by atoms with Crippen LogP contribution in [0.5, 0.6) is 0 Å². The molecule has 0 aromatic carbocycles. The Kier molecular flexibility index (Phi) is 9.78. The topological polar surface area (TPSA) is 40.5 Å². The molecular weight excluding hydrogens is 288 g/mol. The SMILES string of the molecule is C=CCS[C@@H]1CC[C@H]1CO.C=CCS[C@H]1CC[C@@H]1CO. The fourth-order valence-corrected chi connectivity index (χ4v) is 4.68. The van der Waals surface area contributed by atoms with E-state index >= 15 is 0 Å². The van der Waals surface area contributed by atoms with E-state index in [-0.39, 0.29) is 0 Å². The number of hydrogen-bond acceptors (Lipinski definition) is 4. The molecule has 116 valence electrons. The quantitative estimate of drug-likeness (QED) is 0.674. The second-order valence-corrected chi connectivity index (χ2v) is 7.91. The summed E-state index contributed by atoms with van der Waals surface area (Å²) in [7, 11) is 0. The maximum Gasteiger partial charge on any atom is 0.0469 e. The predicted molar refractivity (Wildman–Crippen MR) is 92.5 cm³/mol. The first-order chi connectivity index (χ1) is 9.76. The van der Waals surface area contributed by atoms with Crippen LogP contribution in [0.1, 0.15) is 25.7 Å². The third-order valence-corrected chi connectivity index (χ3v) is 6.97. The molecule has 0 aromatic rings. The molecule has 0 unspecified atom stereocenters. The number of thioether (sulfide) groups is 2. The van der Waals surface area contributed by atoms with Gasteiger partial charge in [-0.2, -0.15) is 23.5 Å². The minimum atomic E-state index is 0.370. The van der Waals surface area contributed by atoms with Crippen molar-refractivity contribution in [3.05, 3.63) is 25.3 Å². The minimum Gasteiger partial charge on any atom is -0.396 e. The van der Waals surface area contributed by atoms with Gasteiger partial charge in [-0.3, -0.25) is 0 Å². The van der Waals surface area contributed by atoms with Crippen molar-refractivity contribution in [1.29, 1.82) is 0 Å². The molecule has 2 rings (SSSR count). The van der Waals surface area contributed by atoms with Crippen LogP contribution in [0.15, 0.2) is 25.3 Å². The first-order valence-electron chi connectivity index (χ1n) is 7.43. The molecule has 0 aromatic heterocycles. The van der Waals surface area contributed by atoms with Gasteiger partial charge in [-0.1, -0.05) is 12.2 Å². The van der Waals surface area contributed by atoms with Gasteiger partial charge in [0.15, 0.2) is 0 Å². The largest absolute Gasteiger partial charge is 0.396 e. The van der Waals surface area contributed by atoms with E-state index in [1.165, 1.54) is 25.7 Å². The molecule has 2 fully saturated rings. The van der Waals surface area contributed by atoms with E-state index in [9.17, 15) is 0 Å². The third-order valence-electron chi connectivity index (χ3n) is 4.02. The average Bonchev–Trinajstić information content (AvgIpc) is 2.39. The number of aliphatic hydroxyl groups is 2. The summed E-state index contributed by atoms with van der Waals surface area (Å²) in [4.78, 5) is 0. The first kappa shape index (κ1) is 18.1. The normalized spacial score (nSPS) is 31.3. The van der Waals surface area contributed by atoms with Crippen molar-refractivity contribution in [1.82, 2.24) is 0 Å².